The maximum atomic E-state index is 5.61. The molecule has 2 N–H and O–H groups in total. The van der Waals surface area contributed by atoms with Gasteiger partial charge in [-0.1, -0.05) is 18.5 Å². The van der Waals surface area contributed by atoms with Gasteiger partial charge in [0.15, 0.2) is 5.82 Å². The van der Waals surface area contributed by atoms with E-state index in [-0.39, 0.29) is 6.10 Å². The largest absolute Gasteiger partial charge is 0.374 e. The van der Waals surface area contributed by atoms with Crippen molar-refractivity contribution in [2.45, 2.75) is 38.8 Å². The molecular formula is C12H22N4O2. The van der Waals surface area contributed by atoms with Crippen LogP contribution < -0.4 is 5.73 Å². The van der Waals surface area contributed by atoms with E-state index in [2.05, 4.69) is 22.0 Å². The van der Waals surface area contributed by atoms with Crippen LogP contribution in [0.5, 0.6) is 0 Å². The minimum absolute atomic E-state index is 0.126. The van der Waals surface area contributed by atoms with Gasteiger partial charge in [-0.05, 0) is 6.42 Å². The van der Waals surface area contributed by atoms with Crippen LogP contribution in [0.4, 0.5) is 0 Å². The van der Waals surface area contributed by atoms with Crippen LogP contribution in [0.2, 0.25) is 0 Å². The number of aryl methyl sites for hydroxylation is 1. The van der Waals surface area contributed by atoms with Gasteiger partial charge in [0, 0.05) is 26.1 Å². The first kappa shape index (κ1) is 13.5. The van der Waals surface area contributed by atoms with Gasteiger partial charge in [-0.15, -0.1) is 0 Å². The van der Waals surface area contributed by atoms with E-state index >= 15 is 0 Å². The molecule has 1 aromatic rings. The molecule has 0 aliphatic carbocycles. The van der Waals surface area contributed by atoms with E-state index in [0.717, 1.165) is 44.8 Å². The molecule has 1 unspecified atom stereocenters. The second-order valence-electron chi connectivity index (χ2n) is 4.67. The van der Waals surface area contributed by atoms with Gasteiger partial charge in [0.25, 0.3) is 0 Å². The Morgan fingerprint density at radius 3 is 3.17 bits per heavy atom. The lowest BCUT2D eigenvalue weighted by Crippen LogP contribution is -2.45. The molecule has 0 spiro atoms. The molecule has 6 heteroatoms. The van der Waals surface area contributed by atoms with Gasteiger partial charge in [-0.2, -0.15) is 4.98 Å². The Morgan fingerprint density at radius 1 is 1.50 bits per heavy atom. The zero-order valence-electron chi connectivity index (χ0n) is 11.0. The molecule has 6 nitrogen and oxygen atoms in total. The normalized spacial score (nSPS) is 21.3. The maximum Gasteiger partial charge on any atom is 0.240 e. The first-order chi connectivity index (χ1) is 8.81. The van der Waals surface area contributed by atoms with Crippen LogP contribution in [-0.4, -0.2) is 47.4 Å². The third kappa shape index (κ3) is 3.76. The quantitative estimate of drug-likeness (QED) is 0.799. The molecule has 0 saturated carbocycles. The summed E-state index contributed by atoms with van der Waals surface area (Å²) in [7, 11) is 0. The van der Waals surface area contributed by atoms with Crippen molar-refractivity contribution >= 4 is 0 Å². The van der Waals surface area contributed by atoms with E-state index in [1.807, 2.05) is 0 Å². The van der Waals surface area contributed by atoms with Crippen molar-refractivity contribution in [3.05, 3.63) is 11.7 Å². The van der Waals surface area contributed by atoms with Crippen molar-refractivity contribution in [1.82, 2.24) is 15.0 Å². The van der Waals surface area contributed by atoms with Crippen LogP contribution in [0.3, 0.4) is 0 Å². The molecule has 1 aliphatic rings. The summed E-state index contributed by atoms with van der Waals surface area (Å²) in [5.74, 6) is 1.51. The molecule has 0 aromatic carbocycles. The minimum Gasteiger partial charge on any atom is -0.374 e. The lowest BCUT2D eigenvalue weighted by Gasteiger charge is -2.31. The molecule has 18 heavy (non-hydrogen) atoms. The zero-order valence-corrected chi connectivity index (χ0v) is 11.0. The summed E-state index contributed by atoms with van der Waals surface area (Å²) in [4.78, 5) is 6.65. The fraction of sp³-hybridized carbons (Fsp3) is 0.833. The fourth-order valence-electron chi connectivity index (χ4n) is 2.05. The summed E-state index contributed by atoms with van der Waals surface area (Å²) >= 11 is 0. The van der Waals surface area contributed by atoms with Crippen LogP contribution in [0, 0.1) is 0 Å². The summed E-state index contributed by atoms with van der Waals surface area (Å²) in [6.07, 6.45) is 3.27. The first-order valence-corrected chi connectivity index (χ1v) is 6.67. The van der Waals surface area contributed by atoms with Gasteiger partial charge in [-0.3, -0.25) is 4.90 Å². The van der Waals surface area contributed by atoms with Crippen molar-refractivity contribution < 1.29 is 9.26 Å². The molecule has 102 valence electrons. The van der Waals surface area contributed by atoms with Gasteiger partial charge >= 0.3 is 0 Å². The minimum atomic E-state index is 0.126. The SMILES string of the molecule is CCCCc1noc(CN2CCOC(CN)C2)n1. The smallest absolute Gasteiger partial charge is 0.240 e. The lowest BCUT2D eigenvalue weighted by atomic mass is 10.2. The standard InChI is InChI=1S/C12H22N4O2/c1-2-3-4-11-14-12(18-15-11)9-16-5-6-17-10(7-13)8-16/h10H,2-9,13H2,1H3. The summed E-state index contributed by atoms with van der Waals surface area (Å²) in [6.45, 7) is 5.85. The predicted molar refractivity (Wildman–Crippen MR) is 67.0 cm³/mol. The predicted octanol–water partition coefficient (Wildman–Crippen LogP) is 0.572. The van der Waals surface area contributed by atoms with Gasteiger partial charge < -0.3 is 15.0 Å². The molecule has 0 amide bonds. The second-order valence-corrected chi connectivity index (χ2v) is 4.67. The van der Waals surface area contributed by atoms with Crippen molar-refractivity contribution in [1.29, 1.82) is 0 Å². The van der Waals surface area contributed by atoms with Gasteiger partial charge in [0.2, 0.25) is 5.89 Å². The Kier molecular flexibility index (Phi) is 5.10. The molecule has 2 rings (SSSR count). The zero-order chi connectivity index (χ0) is 12.8. The summed E-state index contributed by atoms with van der Waals surface area (Å²) in [6, 6.07) is 0. The number of morpholine rings is 1. The molecule has 2 heterocycles. The second kappa shape index (κ2) is 6.82. The summed E-state index contributed by atoms with van der Waals surface area (Å²) < 4.78 is 10.8. The molecule has 1 aromatic heterocycles. The van der Waals surface area contributed by atoms with E-state index in [9.17, 15) is 0 Å². The maximum absolute atomic E-state index is 5.61. The molecule has 1 atom stereocenters. The number of nitrogens with zero attached hydrogens (tertiary/aromatic N) is 3. The molecular weight excluding hydrogens is 232 g/mol. The Bertz CT molecular complexity index is 356. The van der Waals surface area contributed by atoms with Crippen LogP contribution in [0.1, 0.15) is 31.5 Å². The van der Waals surface area contributed by atoms with Crippen molar-refractivity contribution in [3.63, 3.8) is 0 Å². The molecule has 1 saturated heterocycles. The number of hydrogen-bond acceptors (Lipinski definition) is 6. The highest BCUT2D eigenvalue weighted by molar-refractivity contribution is 4.87. The number of rotatable bonds is 6. The fourth-order valence-corrected chi connectivity index (χ4v) is 2.05. The van der Waals surface area contributed by atoms with E-state index in [1.54, 1.807) is 0 Å². The average molecular weight is 254 g/mol. The van der Waals surface area contributed by atoms with Crippen LogP contribution in [0.25, 0.3) is 0 Å². The number of aromatic nitrogens is 2. The van der Waals surface area contributed by atoms with E-state index in [4.69, 9.17) is 15.0 Å². The number of unbranched alkanes of at least 4 members (excludes halogenated alkanes) is 1. The monoisotopic (exact) mass is 254 g/mol. The van der Waals surface area contributed by atoms with Crippen LogP contribution in [0.15, 0.2) is 4.52 Å². The van der Waals surface area contributed by atoms with Crippen molar-refractivity contribution in [2.75, 3.05) is 26.2 Å². The van der Waals surface area contributed by atoms with Crippen LogP contribution >= 0.6 is 0 Å². The van der Waals surface area contributed by atoms with Crippen molar-refractivity contribution in [3.8, 4) is 0 Å². The topological polar surface area (TPSA) is 77.4 Å². The molecule has 0 radical (unpaired) electrons. The number of ether oxygens (including phenoxy) is 1. The van der Waals surface area contributed by atoms with Crippen molar-refractivity contribution in [2.24, 2.45) is 5.73 Å². The van der Waals surface area contributed by atoms with E-state index in [0.29, 0.717) is 19.0 Å². The summed E-state index contributed by atoms with van der Waals surface area (Å²) in [5.41, 5.74) is 5.61. The Morgan fingerprint density at radius 2 is 2.39 bits per heavy atom. The van der Waals surface area contributed by atoms with Gasteiger partial charge in [-0.25, -0.2) is 0 Å². The highest BCUT2D eigenvalue weighted by Gasteiger charge is 2.21. The third-order valence-electron chi connectivity index (χ3n) is 3.11. The van der Waals surface area contributed by atoms with Gasteiger partial charge in [0.05, 0.1) is 19.3 Å². The van der Waals surface area contributed by atoms with Crippen LogP contribution in [-0.2, 0) is 17.7 Å². The number of hydrogen-bond donors (Lipinski definition) is 1. The van der Waals surface area contributed by atoms with Gasteiger partial charge in [0.1, 0.15) is 0 Å². The molecule has 1 aliphatic heterocycles. The molecule has 0 bridgehead atoms. The molecule has 1 fully saturated rings. The highest BCUT2D eigenvalue weighted by Crippen LogP contribution is 2.09. The lowest BCUT2D eigenvalue weighted by molar-refractivity contribution is -0.0288. The van der Waals surface area contributed by atoms with E-state index in [1.165, 1.54) is 0 Å². The third-order valence-corrected chi connectivity index (χ3v) is 3.11. The number of nitrogens with two attached hydrogens (primary N) is 1. The Labute approximate surface area is 107 Å². The summed E-state index contributed by atoms with van der Waals surface area (Å²) in [5, 5.41) is 3.99. The van der Waals surface area contributed by atoms with E-state index < -0.39 is 0 Å². The highest BCUT2D eigenvalue weighted by atomic mass is 16.5. The Balaban J connectivity index is 1.83. The first-order valence-electron chi connectivity index (χ1n) is 6.67. The Hall–Kier alpha value is -0.980. The average Bonchev–Trinajstić information content (AvgIpc) is 2.84.